The normalized spacial score (nSPS) is 11.4. The minimum absolute atomic E-state index is 0.00727. The van der Waals surface area contributed by atoms with Crippen LogP contribution in [0.5, 0.6) is 0 Å². The Labute approximate surface area is 160 Å². The number of oxazole rings is 1. The molecule has 0 aliphatic carbocycles. The lowest BCUT2D eigenvalue weighted by molar-refractivity contribution is 0.0466. The molecule has 0 spiro atoms. The topological polar surface area (TPSA) is 112 Å². The quantitative estimate of drug-likeness (QED) is 0.650. The Hall–Kier alpha value is -2.68. The molecule has 7 nitrogen and oxygen atoms in total. The third-order valence-electron chi connectivity index (χ3n) is 3.73. The van der Waals surface area contributed by atoms with E-state index in [4.69, 9.17) is 25.9 Å². The number of primary sulfonamides is 1. The molecule has 0 fully saturated rings. The summed E-state index contributed by atoms with van der Waals surface area (Å²) in [5, 5.41) is 5.01. The van der Waals surface area contributed by atoms with Crippen LogP contribution in [0.4, 0.5) is 0 Å². The number of hydrogen-bond acceptors (Lipinski definition) is 6. The van der Waals surface area contributed by atoms with E-state index in [0.717, 1.165) is 11.6 Å². The van der Waals surface area contributed by atoms with Crippen molar-refractivity contribution in [3.63, 3.8) is 0 Å². The zero-order chi connectivity index (χ0) is 19.6. The van der Waals surface area contributed by atoms with Gasteiger partial charge in [0.2, 0.25) is 15.9 Å². The lowest BCUT2D eigenvalue weighted by atomic mass is 10.2. The first-order chi connectivity index (χ1) is 12.8. The molecule has 0 atom stereocenters. The van der Waals surface area contributed by atoms with Crippen molar-refractivity contribution in [2.75, 3.05) is 0 Å². The number of nitrogens with zero attached hydrogens (tertiary/aromatic N) is 1. The van der Waals surface area contributed by atoms with Crippen LogP contribution in [0.15, 0.2) is 57.8 Å². The molecule has 3 rings (SSSR count). The fourth-order valence-corrected chi connectivity index (χ4v) is 3.40. The third-order valence-corrected chi connectivity index (χ3v) is 5.12. The van der Waals surface area contributed by atoms with Gasteiger partial charge in [-0.2, -0.15) is 0 Å². The number of carbonyl (C=O) groups is 1. The summed E-state index contributed by atoms with van der Waals surface area (Å²) >= 11 is 5.81. The zero-order valence-electron chi connectivity index (χ0n) is 14.2. The van der Waals surface area contributed by atoms with Crippen LogP contribution in [0, 0.1) is 6.92 Å². The van der Waals surface area contributed by atoms with E-state index < -0.39 is 16.0 Å². The van der Waals surface area contributed by atoms with Crippen LogP contribution in [0.25, 0.3) is 11.5 Å². The lowest BCUT2D eigenvalue weighted by Crippen LogP contribution is -2.14. The molecule has 0 radical (unpaired) electrons. The van der Waals surface area contributed by atoms with E-state index in [2.05, 4.69) is 4.98 Å². The fraction of sp³-hybridized carbons (Fsp3) is 0.111. The summed E-state index contributed by atoms with van der Waals surface area (Å²) in [4.78, 5) is 16.2. The van der Waals surface area contributed by atoms with Gasteiger partial charge in [-0.1, -0.05) is 29.8 Å². The maximum atomic E-state index is 12.2. The number of benzene rings is 2. The lowest BCUT2D eigenvalue weighted by Gasteiger charge is -2.06. The number of aryl methyl sites for hydroxylation is 1. The second-order valence-electron chi connectivity index (χ2n) is 5.65. The molecular formula is C18H15ClN2O5S. The molecule has 9 heteroatoms. The minimum atomic E-state index is -4.06. The van der Waals surface area contributed by atoms with Crippen LogP contribution < -0.4 is 5.14 Å². The summed E-state index contributed by atoms with van der Waals surface area (Å²) in [7, 11) is -4.06. The van der Waals surface area contributed by atoms with Crippen molar-refractivity contribution in [3.05, 3.63) is 70.6 Å². The van der Waals surface area contributed by atoms with Gasteiger partial charge in [0.05, 0.1) is 10.6 Å². The van der Waals surface area contributed by atoms with Crippen molar-refractivity contribution in [3.8, 4) is 11.5 Å². The third kappa shape index (κ3) is 4.36. The number of sulfonamides is 1. The van der Waals surface area contributed by atoms with Crippen LogP contribution in [0.1, 0.15) is 21.8 Å². The Kier molecular flexibility index (Phi) is 5.31. The number of rotatable bonds is 5. The van der Waals surface area contributed by atoms with Crippen LogP contribution in [0.2, 0.25) is 5.02 Å². The summed E-state index contributed by atoms with van der Waals surface area (Å²) in [6, 6.07) is 13.0. The molecule has 0 saturated carbocycles. The Morgan fingerprint density at radius 1 is 1.22 bits per heavy atom. The van der Waals surface area contributed by atoms with E-state index >= 15 is 0 Å². The Morgan fingerprint density at radius 3 is 2.59 bits per heavy atom. The molecule has 0 saturated heterocycles. The molecule has 2 N–H and O–H groups in total. The summed E-state index contributed by atoms with van der Waals surface area (Å²) < 4.78 is 33.8. The first kappa shape index (κ1) is 19.1. The predicted octanol–water partition coefficient (Wildman–Crippen LogP) is 3.31. The number of aromatic nitrogens is 1. The molecule has 27 heavy (non-hydrogen) atoms. The average Bonchev–Trinajstić information content (AvgIpc) is 3.00. The molecule has 3 aromatic rings. The predicted molar refractivity (Wildman–Crippen MR) is 98.6 cm³/mol. The molecule has 1 heterocycles. The van der Waals surface area contributed by atoms with Crippen LogP contribution >= 0.6 is 11.6 Å². The van der Waals surface area contributed by atoms with Crippen LogP contribution in [-0.2, 0) is 21.4 Å². The van der Waals surface area contributed by atoms with E-state index in [1.807, 2.05) is 30.3 Å². The van der Waals surface area contributed by atoms with Gasteiger partial charge in [-0.15, -0.1) is 0 Å². The van der Waals surface area contributed by atoms with Crippen LogP contribution in [0.3, 0.4) is 0 Å². The van der Waals surface area contributed by atoms with Gasteiger partial charge in [0.1, 0.15) is 23.0 Å². The van der Waals surface area contributed by atoms with Gasteiger partial charge in [-0.05, 0) is 37.3 Å². The molecule has 0 bridgehead atoms. The summed E-state index contributed by atoms with van der Waals surface area (Å²) in [5.41, 5.74) is 1.27. The van der Waals surface area contributed by atoms with Crippen molar-refractivity contribution < 1.29 is 22.4 Å². The SMILES string of the molecule is Cc1oc(-c2ccccc2)nc1COC(=O)c1ccc(Cl)c(S(N)(=O)=O)c1. The maximum absolute atomic E-state index is 12.2. The number of hydrogen-bond donors (Lipinski definition) is 1. The van der Waals surface area contributed by atoms with Gasteiger partial charge < -0.3 is 9.15 Å². The molecule has 0 aliphatic heterocycles. The Bertz CT molecular complexity index is 1090. The van der Waals surface area contributed by atoms with Crippen LogP contribution in [-0.4, -0.2) is 19.4 Å². The second kappa shape index (κ2) is 7.51. The van der Waals surface area contributed by atoms with E-state index in [-0.39, 0.29) is 22.1 Å². The standard InChI is InChI=1S/C18H15ClN2O5S/c1-11-15(21-17(26-11)12-5-3-2-4-6-12)10-25-18(22)13-7-8-14(19)16(9-13)27(20,23)24/h2-9H,10H2,1H3,(H2,20,23,24). The fourth-order valence-electron chi connectivity index (χ4n) is 2.33. The number of ether oxygens (including phenoxy) is 1. The van der Waals surface area contributed by atoms with Crippen molar-refractivity contribution >= 4 is 27.6 Å². The van der Waals surface area contributed by atoms with Crippen molar-refractivity contribution in [1.29, 1.82) is 0 Å². The highest BCUT2D eigenvalue weighted by Crippen LogP contribution is 2.24. The van der Waals surface area contributed by atoms with Gasteiger partial charge in [0.25, 0.3) is 0 Å². The number of esters is 1. The molecule has 0 unspecified atom stereocenters. The van der Waals surface area contributed by atoms with Crippen molar-refractivity contribution in [1.82, 2.24) is 4.98 Å². The molecule has 1 aromatic heterocycles. The molecule has 140 valence electrons. The van der Waals surface area contributed by atoms with Gasteiger partial charge in [0.15, 0.2) is 0 Å². The first-order valence-electron chi connectivity index (χ1n) is 7.77. The molecule has 0 aliphatic rings. The van der Waals surface area contributed by atoms with E-state index in [1.54, 1.807) is 6.92 Å². The van der Waals surface area contributed by atoms with Gasteiger partial charge >= 0.3 is 5.97 Å². The maximum Gasteiger partial charge on any atom is 0.338 e. The monoisotopic (exact) mass is 406 g/mol. The number of nitrogens with two attached hydrogens (primary N) is 1. The van der Waals surface area contributed by atoms with E-state index in [0.29, 0.717) is 17.3 Å². The van der Waals surface area contributed by atoms with E-state index in [9.17, 15) is 13.2 Å². The highest BCUT2D eigenvalue weighted by atomic mass is 35.5. The van der Waals surface area contributed by atoms with Gasteiger partial charge in [-0.25, -0.2) is 23.3 Å². The average molecular weight is 407 g/mol. The highest BCUT2D eigenvalue weighted by Gasteiger charge is 2.18. The van der Waals surface area contributed by atoms with Gasteiger partial charge in [0, 0.05) is 5.56 Å². The van der Waals surface area contributed by atoms with Crippen molar-refractivity contribution in [2.24, 2.45) is 5.14 Å². The van der Waals surface area contributed by atoms with E-state index in [1.165, 1.54) is 12.1 Å². The summed E-state index contributed by atoms with van der Waals surface area (Å²) in [6.45, 7) is 1.58. The number of halogens is 1. The zero-order valence-corrected chi connectivity index (χ0v) is 15.8. The minimum Gasteiger partial charge on any atom is -0.455 e. The van der Waals surface area contributed by atoms with Crippen molar-refractivity contribution in [2.45, 2.75) is 18.4 Å². The van der Waals surface area contributed by atoms with Gasteiger partial charge in [-0.3, -0.25) is 0 Å². The Balaban J connectivity index is 1.76. The summed E-state index contributed by atoms with van der Waals surface area (Å²) in [6.07, 6.45) is 0. The molecule has 0 amide bonds. The Morgan fingerprint density at radius 2 is 1.93 bits per heavy atom. The number of carbonyl (C=O) groups excluding carboxylic acids is 1. The smallest absolute Gasteiger partial charge is 0.338 e. The first-order valence-corrected chi connectivity index (χ1v) is 9.69. The summed E-state index contributed by atoms with van der Waals surface area (Å²) in [5.74, 6) is 0.199. The molecular weight excluding hydrogens is 392 g/mol. The second-order valence-corrected chi connectivity index (χ2v) is 7.59. The highest BCUT2D eigenvalue weighted by molar-refractivity contribution is 7.89. The molecule has 2 aromatic carbocycles. The largest absolute Gasteiger partial charge is 0.455 e.